The zero-order chi connectivity index (χ0) is 18.0. The summed E-state index contributed by atoms with van der Waals surface area (Å²) in [5.74, 6) is 0.827. The van der Waals surface area contributed by atoms with Crippen molar-refractivity contribution in [3.63, 3.8) is 0 Å². The Hall–Kier alpha value is -2.48. The number of hydrogen-bond acceptors (Lipinski definition) is 6. The van der Waals surface area contributed by atoms with Crippen LogP contribution in [-0.4, -0.2) is 57.5 Å². The Morgan fingerprint density at radius 2 is 2.24 bits per heavy atom. The summed E-state index contributed by atoms with van der Waals surface area (Å²) >= 11 is 0. The number of carbonyl (C=O) groups is 1. The predicted molar refractivity (Wildman–Crippen MR) is 93.4 cm³/mol. The number of carbonyl (C=O) groups excluding carboxylic acids is 1. The molecule has 0 radical (unpaired) electrons. The van der Waals surface area contributed by atoms with Crippen molar-refractivity contribution in [3.8, 4) is 0 Å². The molecule has 1 fully saturated rings. The average molecular weight is 344 g/mol. The summed E-state index contributed by atoms with van der Waals surface area (Å²) in [5, 5.41) is 21.3. The van der Waals surface area contributed by atoms with E-state index < -0.39 is 6.10 Å². The fourth-order valence-electron chi connectivity index (χ4n) is 3.33. The lowest BCUT2D eigenvalue weighted by molar-refractivity contribution is 0.0912. The number of nitrogens with one attached hydrogen (secondary N) is 1. The number of aliphatic hydroxyl groups is 1. The number of aryl methyl sites for hydroxylation is 1. The van der Waals surface area contributed by atoms with Gasteiger partial charge in [0.15, 0.2) is 0 Å². The standard InChI is InChI=1S/C17H24N6O2/c1-22(2)13-4-5-18-14(8-13)17(25)19-9-12-6-11(7-15(12)24)16-21-20-10-23(16)3/h4-5,8,10-12,15,24H,6-7,9H2,1-3H3,(H,19,25)/t11-,12+,15+/m0/s1. The lowest BCUT2D eigenvalue weighted by Crippen LogP contribution is -2.33. The van der Waals surface area contributed by atoms with E-state index in [9.17, 15) is 9.90 Å². The zero-order valence-electron chi connectivity index (χ0n) is 14.8. The number of amides is 1. The quantitative estimate of drug-likeness (QED) is 0.823. The second kappa shape index (κ2) is 7.18. The maximum Gasteiger partial charge on any atom is 0.269 e. The van der Waals surface area contributed by atoms with Crippen molar-refractivity contribution in [3.05, 3.63) is 36.2 Å². The van der Waals surface area contributed by atoms with Crippen molar-refractivity contribution in [2.75, 3.05) is 25.5 Å². The van der Waals surface area contributed by atoms with Crippen LogP contribution in [0.15, 0.2) is 24.7 Å². The molecule has 8 nitrogen and oxygen atoms in total. The zero-order valence-corrected chi connectivity index (χ0v) is 14.8. The molecule has 0 aliphatic heterocycles. The second-order valence-corrected chi connectivity index (χ2v) is 6.80. The Balaban J connectivity index is 1.59. The fourth-order valence-corrected chi connectivity index (χ4v) is 3.33. The molecule has 0 spiro atoms. The molecule has 1 aliphatic rings. The highest BCUT2D eigenvalue weighted by atomic mass is 16.3. The number of rotatable bonds is 5. The van der Waals surface area contributed by atoms with Crippen LogP contribution in [0.1, 0.15) is 35.1 Å². The maximum absolute atomic E-state index is 12.3. The largest absolute Gasteiger partial charge is 0.393 e. The van der Waals surface area contributed by atoms with Crippen LogP contribution in [-0.2, 0) is 7.05 Å². The van der Waals surface area contributed by atoms with Gasteiger partial charge in [-0.1, -0.05) is 0 Å². The number of hydrogen-bond donors (Lipinski definition) is 2. The molecular formula is C17H24N6O2. The number of nitrogens with zero attached hydrogens (tertiary/aromatic N) is 5. The molecular weight excluding hydrogens is 320 g/mol. The normalized spacial score (nSPS) is 22.8. The van der Waals surface area contributed by atoms with Crippen molar-refractivity contribution in [2.45, 2.75) is 24.9 Å². The van der Waals surface area contributed by atoms with Crippen LogP contribution in [0.4, 0.5) is 5.69 Å². The van der Waals surface area contributed by atoms with Gasteiger partial charge < -0.3 is 19.9 Å². The van der Waals surface area contributed by atoms with E-state index in [1.807, 2.05) is 36.7 Å². The highest BCUT2D eigenvalue weighted by Crippen LogP contribution is 2.37. The van der Waals surface area contributed by atoms with E-state index in [0.29, 0.717) is 18.7 Å². The van der Waals surface area contributed by atoms with Gasteiger partial charge in [0.25, 0.3) is 5.91 Å². The molecule has 0 bridgehead atoms. The Morgan fingerprint density at radius 1 is 1.44 bits per heavy atom. The van der Waals surface area contributed by atoms with E-state index in [1.165, 1.54) is 0 Å². The van der Waals surface area contributed by atoms with Gasteiger partial charge in [-0.15, -0.1) is 10.2 Å². The lowest BCUT2D eigenvalue weighted by atomic mass is 10.0. The number of pyridine rings is 1. The number of aliphatic hydroxyl groups excluding tert-OH is 1. The van der Waals surface area contributed by atoms with Gasteiger partial charge in [-0.25, -0.2) is 0 Å². The first kappa shape index (κ1) is 17.3. The maximum atomic E-state index is 12.3. The van der Waals surface area contributed by atoms with Crippen LogP contribution in [0.3, 0.4) is 0 Å². The van der Waals surface area contributed by atoms with Crippen LogP contribution >= 0.6 is 0 Å². The number of anilines is 1. The van der Waals surface area contributed by atoms with Gasteiger partial charge in [-0.2, -0.15) is 0 Å². The van der Waals surface area contributed by atoms with E-state index in [0.717, 1.165) is 17.9 Å². The fraction of sp³-hybridized carbons (Fsp3) is 0.529. The Kier molecular flexibility index (Phi) is 4.98. The third kappa shape index (κ3) is 3.79. The predicted octanol–water partition coefficient (Wildman–Crippen LogP) is 0.561. The number of aromatic nitrogens is 4. The molecule has 1 saturated carbocycles. The second-order valence-electron chi connectivity index (χ2n) is 6.80. The van der Waals surface area contributed by atoms with Crippen LogP contribution in [0, 0.1) is 5.92 Å². The Labute approximate surface area is 146 Å². The van der Waals surface area contributed by atoms with E-state index in [1.54, 1.807) is 18.6 Å². The monoisotopic (exact) mass is 344 g/mol. The SMILES string of the molecule is CN(C)c1ccnc(C(=O)NC[C@H]2C[C@H](c3nncn3C)C[C@H]2O)c1. The summed E-state index contributed by atoms with van der Waals surface area (Å²) in [6.07, 6.45) is 4.25. The van der Waals surface area contributed by atoms with Gasteiger partial charge >= 0.3 is 0 Å². The van der Waals surface area contributed by atoms with E-state index in [-0.39, 0.29) is 17.7 Å². The highest BCUT2D eigenvalue weighted by molar-refractivity contribution is 5.93. The summed E-state index contributed by atoms with van der Waals surface area (Å²) in [5.41, 5.74) is 1.30. The molecule has 1 aliphatic carbocycles. The molecule has 2 heterocycles. The molecule has 134 valence electrons. The summed E-state index contributed by atoms with van der Waals surface area (Å²) in [6, 6.07) is 3.60. The first-order valence-electron chi connectivity index (χ1n) is 8.39. The summed E-state index contributed by atoms with van der Waals surface area (Å²) in [4.78, 5) is 18.4. The third-order valence-electron chi connectivity index (χ3n) is 4.79. The molecule has 0 unspecified atom stereocenters. The van der Waals surface area contributed by atoms with E-state index in [4.69, 9.17) is 0 Å². The van der Waals surface area contributed by atoms with Crippen molar-refractivity contribution >= 4 is 11.6 Å². The van der Waals surface area contributed by atoms with Gasteiger partial charge in [-0.3, -0.25) is 9.78 Å². The van der Waals surface area contributed by atoms with Gasteiger partial charge in [0.05, 0.1) is 6.10 Å². The smallest absolute Gasteiger partial charge is 0.269 e. The molecule has 8 heteroatoms. The van der Waals surface area contributed by atoms with Crippen LogP contribution in [0.25, 0.3) is 0 Å². The summed E-state index contributed by atoms with van der Waals surface area (Å²) < 4.78 is 1.88. The Bertz CT molecular complexity index is 744. The molecule has 2 aromatic heterocycles. The molecule has 3 atom stereocenters. The van der Waals surface area contributed by atoms with Gasteiger partial charge in [0, 0.05) is 51.4 Å². The molecule has 0 aromatic carbocycles. The van der Waals surface area contributed by atoms with E-state index >= 15 is 0 Å². The van der Waals surface area contributed by atoms with Crippen LogP contribution in [0.5, 0.6) is 0 Å². The minimum atomic E-state index is -0.455. The molecule has 3 rings (SSSR count). The highest BCUT2D eigenvalue weighted by Gasteiger charge is 2.36. The van der Waals surface area contributed by atoms with Crippen molar-refractivity contribution in [1.29, 1.82) is 0 Å². The minimum Gasteiger partial charge on any atom is -0.393 e. The van der Waals surface area contributed by atoms with Crippen LogP contribution in [0.2, 0.25) is 0 Å². The first-order valence-corrected chi connectivity index (χ1v) is 8.39. The lowest BCUT2D eigenvalue weighted by Gasteiger charge is -2.16. The summed E-state index contributed by atoms with van der Waals surface area (Å²) in [6.45, 7) is 0.419. The van der Waals surface area contributed by atoms with Crippen LogP contribution < -0.4 is 10.2 Å². The molecule has 25 heavy (non-hydrogen) atoms. The van der Waals surface area contributed by atoms with E-state index in [2.05, 4.69) is 20.5 Å². The molecule has 1 amide bonds. The minimum absolute atomic E-state index is 0.00248. The van der Waals surface area contributed by atoms with Crippen molar-refractivity contribution in [2.24, 2.45) is 13.0 Å². The third-order valence-corrected chi connectivity index (χ3v) is 4.79. The van der Waals surface area contributed by atoms with Crippen molar-refractivity contribution < 1.29 is 9.90 Å². The topological polar surface area (TPSA) is 96.2 Å². The molecule has 2 N–H and O–H groups in total. The van der Waals surface area contributed by atoms with Gasteiger partial charge in [0.2, 0.25) is 0 Å². The van der Waals surface area contributed by atoms with Gasteiger partial charge in [-0.05, 0) is 25.0 Å². The van der Waals surface area contributed by atoms with Crippen molar-refractivity contribution in [1.82, 2.24) is 25.1 Å². The first-order chi connectivity index (χ1) is 12.0. The Morgan fingerprint density at radius 3 is 2.92 bits per heavy atom. The summed E-state index contributed by atoms with van der Waals surface area (Å²) in [7, 11) is 5.73. The molecule has 0 saturated heterocycles. The molecule has 2 aromatic rings. The van der Waals surface area contributed by atoms with Gasteiger partial charge in [0.1, 0.15) is 17.8 Å². The average Bonchev–Trinajstić information content (AvgIpc) is 3.18.